The molecule has 1 fully saturated rings. The van der Waals surface area contributed by atoms with Gasteiger partial charge in [0.15, 0.2) is 0 Å². The Morgan fingerprint density at radius 3 is 2.52 bits per heavy atom. The third-order valence-electron chi connectivity index (χ3n) is 4.08. The number of nitrogens with two attached hydrogens (primary N) is 1. The van der Waals surface area contributed by atoms with E-state index in [2.05, 4.69) is 0 Å². The second kappa shape index (κ2) is 5.57. The van der Waals surface area contributed by atoms with E-state index in [4.69, 9.17) is 5.73 Å². The highest BCUT2D eigenvalue weighted by Crippen LogP contribution is 2.32. The molecule has 0 aliphatic carbocycles. The Balaban J connectivity index is 2.15. The number of piperidine rings is 1. The Bertz CT molecular complexity index is 511. The van der Waals surface area contributed by atoms with E-state index < -0.39 is 17.6 Å². The molecule has 1 aliphatic rings. The summed E-state index contributed by atoms with van der Waals surface area (Å²) in [6, 6.07) is 2.79. The second-order valence-electron chi connectivity index (χ2n) is 6.44. The minimum Gasteiger partial charge on any atom is -0.327 e. The van der Waals surface area contributed by atoms with Crippen molar-refractivity contribution in [2.24, 2.45) is 11.1 Å². The zero-order chi connectivity index (χ0) is 15.8. The quantitative estimate of drug-likeness (QED) is 0.849. The summed E-state index contributed by atoms with van der Waals surface area (Å²) in [7, 11) is 0. The van der Waals surface area contributed by atoms with Gasteiger partial charge in [-0.15, -0.1) is 0 Å². The number of rotatable bonds is 2. The molecule has 2 rings (SSSR count). The zero-order valence-electron chi connectivity index (χ0n) is 12.2. The number of hydrogen-bond acceptors (Lipinski definition) is 2. The Hall–Kier alpha value is -1.14. The van der Waals surface area contributed by atoms with Gasteiger partial charge in [0.1, 0.15) is 5.82 Å². The Morgan fingerprint density at radius 1 is 1.29 bits per heavy atom. The number of alkyl halides is 3. The van der Waals surface area contributed by atoms with Gasteiger partial charge in [-0.1, -0.05) is 13.8 Å². The third-order valence-corrected chi connectivity index (χ3v) is 4.08. The van der Waals surface area contributed by atoms with Gasteiger partial charge < -0.3 is 5.73 Å². The highest BCUT2D eigenvalue weighted by atomic mass is 19.4. The van der Waals surface area contributed by atoms with E-state index in [0.29, 0.717) is 31.3 Å². The number of nitrogens with zero attached hydrogens (tertiary/aromatic N) is 1. The molecule has 0 bridgehead atoms. The van der Waals surface area contributed by atoms with Crippen molar-refractivity contribution >= 4 is 0 Å². The van der Waals surface area contributed by atoms with Gasteiger partial charge >= 0.3 is 6.18 Å². The van der Waals surface area contributed by atoms with Crippen LogP contribution in [-0.2, 0) is 12.7 Å². The van der Waals surface area contributed by atoms with Crippen molar-refractivity contribution in [1.82, 2.24) is 4.90 Å². The van der Waals surface area contributed by atoms with Crippen LogP contribution >= 0.6 is 0 Å². The van der Waals surface area contributed by atoms with E-state index in [1.54, 1.807) is 0 Å². The highest BCUT2D eigenvalue weighted by Gasteiger charge is 2.34. The van der Waals surface area contributed by atoms with E-state index in [1.807, 2.05) is 18.7 Å². The lowest BCUT2D eigenvalue weighted by molar-refractivity contribution is -0.137. The van der Waals surface area contributed by atoms with E-state index in [9.17, 15) is 17.6 Å². The molecule has 1 atom stereocenters. The Kier molecular flexibility index (Phi) is 4.31. The van der Waals surface area contributed by atoms with Crippen LogP contribution in [-0.4, -0.2) is 24.0 Å². The summed E-state index contributed by atoms with van der Waals surface area (Å²) >= 11 is 0. The lowest BCUT2D eigenvalue weighted by atomic mass is 9.79. The van der Waals surface area contributed by atoms with Crippen molar-refractivity contribution in [2.75, 3.05) is 13.1 Å². The van der Waals surface area contributed by atoms with Crippen LogP contribution in [0.15, 0.2) is 18.2 Å². The molecule has 0 saturated carbocycles. The van der Waals surface area contributed by atoms with Gasteiger partial charge in [-0.2, -0.15) is 13.2 Å². The fourth-order valence-corrected chi connectivity index (χ4v) is 2.78. The first-order valence-electron chi connectivity index (χ1n) is 6.92. The molecule has 1 aromatic rings. The van der Waals surface area contributed by atoms with Crippen LogP contribution in [0, 0.1) is 11.2 Å². The van der Waals surface area contributed by atoms with Gasteiger partial charge in [0.25, 0.3) is 0 Å². The van der Waals surface area contributed by atoms with E-state index in [0.717, 1.165) is 18.6 Å². The SMILES string of the molecule is CC1(C)CN(Cc2cc(F)cc(C(F)(F)F)c2)CCC1N. The number of likely N-dealkylation sites (tertiary alicyclic amines) is 1. The molecule has 1 saturated heterocycles. The van der Waals surface area contributed by atoms with E-state index in [-0.39, 0.29) is 11.5 Å². The van der Waals surface area contributed by atoms with Crippen molar-refractivity contribution < 1.29 is 17.6 Å². The van der Waals surface area contributed by atoms with E-state index >= 15 is 0 Å². The van der Waals surface area contributed by atoms with E-state index in [1.165, 1.54) is 0 Å². The average Bonchev–Trinajstić information content (AvgIpc) is 2.32. The molecule has 1 unspecified atom stereocenters. The van der Waals surface area contributed by atoms with Crippen molar-refractivity contribution in [1.29, 1.82) is 0 Å². The minimum atomic E-state index is -4.53. The number of hydrogen-bond donors (Lipinski definition) is 1. The number of halogens is 4. The van der Waals surface area contributed by atoms with Gasteiger partial charge in [0, 0.05) is 25.7 Å². The van der Waals surface area contributed by atoms with Crippen LogP contribution in [0.1, 0.15) is 31.4 Å². The molecular formula is C15H20F4N2. The summed E-state index contributed by atoms with van der Waals surface area (Å²) in [4.78, 5) is 2.03. The summed E-state index contributed by atoms with van der Waals surface area (Å²) in [5.74, 6) is -0.854. The van der Waals surface area contributed by atoms with Crippen molar-refractivity contribution in [2.45, 2.75) is 39.0 Å². The summed E-state index contributed by atoms with van der Waals surface area (Å²) < 4.78 is 51.5. The molecular weight excluding hydrogens is 284 g/mol. The first-order chi connectivity index (χ1) is 9.58. The van der Waals surface area contributed by atoms with Crippen LogP contribution in [0.2, 0.25) is 0 Å². The third kappa shape index (κ3) is 3.95. The molecule has 118 valence electrons. The maximum atomic E-state index is 13.4. The van der Waals surface area contributed by atoms with Crippen LogP contribution in [0.5, 0.6) is 0 Å². The van der Waals surface area contributed by atoms with Crippen LogP contribution in [0.3, 0.4) is 0 Å². The monoisotopic (exact) mass is 304 g/mol. The molecule has 0 spiro atoms. The summed E-state index contributed by atoms with van der Waals surface area (Å²) in [5.41, 5.74) is 5.34. The zero-order valence-corrected chi connectivity index (χ0v) is 12.2. The van der Waals surface area contributed by atoms with Gasteiger partial charge in [-0.25, -0.2) is 4.39 Å². The molecule has 0 aromatic heterocycles. The summed E-state index contributed by atoms with van der Waals surface area (Å²) in [6.07, 6.45) is -3.74. The van der Waals surface area contributed by atoms with Crippen LogP contribution in [0.4, 0.5) is 17.6 Å². The smallest absolute Gasteiger partial charge is 0.327 e. The molecule has 1 aromatic carbocycles. The average molecular weight is 304 g/mol. The lowest BCUT2D eigenvalue weighted by Crippen LogP contribution is -2.52. The highest BCUT2D eigenvalue weighted by molar-refractivity contribution is 5.27. The largest absolute Gasteiger partial charge is 0.416 e. The minimum absolute atomic E-state index is 0.0759. The molecule has 1 heterocycles. The topological polar surface area (TPSA) is 29.3 Å². The molecule has 2 N–H and O–H groups in total. The predicted octanol–water partition coefficient (Wildman–Crippen LogP) is 3.40. The maximum Gasteiger partial charge on any atom is 0.416 e. The molecule has 0 radical (unpaired) electrons. The van der Waals surface area contributed by atoms with Gasteiger partial charge in [-0.3, -0.25) is 4.90 Å². The van der Waals surface area contributed by atoms with Crippen molar-refractivity contribution in [3.05, 3.63) is 35.1 Å². The van der Waals surface area contributed by atoms with Crippen molar-refractivity contribution in [3.63, 3.8) is 0 Å². The number of benzene rings is 1. The molecule has 0 amide bonds. The fourth-order valence-electron chi connectivity index (χ4n) is 2.78. The maximum absolute atomic E-state index is 13.4. The second-order valence-corrected chi connectivity index (χ2v) is 6.44. The molecule has 21 heavy (non-hydrogen) atoms. The molecule has 2 nitrogen and oxygen atoms in total. The Labute approximate surface area is 121 Å². The molecule has 6 heteroatoms. The first kappa shape index (κ1) is 16.2. The standard InChI is InChI=1S/C15H20F4N2/c1-14(2)9-21(4-3-13(14)20)8-10-5-11(15(17,18)19)7-12(16)6-10/h5-7,13H,3-4,8-9,20H2,1-2H3. The van der Waals surface area contributed by atoms with Gasteiger partial charge in [-0.05, 0) is 35.6 Å². The first-order valence-corrected chi connectivity index (χ1v) is 6.92. The van der Waals surface area contributed by atoms with Crippen molar-refractivity contribution in [3.8, 4) is 0 Å². The molecule has 1 aliphatic heterocycles. The summed E-state index contributed by atoms with van der Waals surface area (Å²) in [6.45, 7) is 5.78. The summed E-state index contributed by atoms with van der Waals surface area (Å²) in [5, 5.41) is 0. The fraction of sp³-hybridized carbons (Fsp3) is 0.600. The van der Waals surface area contributed by atoms with Gasteiger partial charge in [0.05, 0.1) is 5.56 Å². The normalized spacial score (nSPS) is 23.3. The van der Waals surface area contributed by atoms with Crippen LogP contribution < -0.4 is 5.73 Å². The van der Waals surface area contributed by atoms with Crippen LogP contribution in [0.25, 0.3) is 0 Å². The lowest BCUT2D eigenvalue weighted by Gasteiger charge is -2.42. The predicted molar refractivity (Wildman–Crippen MR) is 73.1 cm³/mol. The Morgan fingerprint density at radius 2 is 1.95 bits per heavy atom. The van der Waals surface area contributed by atoms with Gasteiger partial charge in [0.2, 0.25) is 0 Å².